The number of thiophene rings is 1. The molecule has 0 saturated heterocycles. The van der Waals surface area contributed by atoms with Gasteiger partial charge in [-0.3, -0.25) is 4.79 Å². The normalized spacial score (nSPS) is 11.3. The molecule has 0 aliphatic heterocycles. The van der Waals surface area contributed by atoms with Crippen molar-refractivity contribution in [3.63, 3.8) is 0 Å². The molecular formula is C10H14O2S. The van der Waals surface area contributed by atoms with Gasteiger partial charge in [0.25, 0.3) is 0 Å². The van der Waals surface area contributed by atoms with Crippen molar-refractivity contribution in [3.8, 4) is 5.06 Å². The Labute approximate surface area is 82.5 Å². The van der Waals surface area contributed by atoms with E-state index in [1.165, 1.54) is 11.3 Å². The molecular weight excluding hydrogens is 184 g/mol. The first-order valence-electron chi connectivity index (χ1n) is 4.21. The molecule has 0 N–H and O–H groups in total. The monoisotopic (exact) mass is 198 g/mol. The van der Waals surface area contributed by atoms with Crippen molar-refractivity contribution in [1.29, 1.82) is 0 Å². The Kier molecular flexibility index (Phi) is 3.09. The van der Waals surface area contributed by atoms with Gasteiger partial charge in [0.2, 0.25) is 0 Å². The standard InChI is InChI=1S/C10H14O2S/c1-10(2,3)7-8(11)12-9-5-4-6-13-9/h4-6H,7H2,1-3H3. The van der Waals surface area contributed by atoms with Gasteiger partial charge in [0, 0.05) is 0 Å². The van der Waals surface area contributed by atoms with Crippen LogP contribution in [0.5, 0.6) is 5.06 Å². The van der Waals surface area contributed by atoms with Gasteiger partial charge in [0.1, 0.15) is 0 Å². The molecule has 1 aromatic rings. The van der Waals surface area contributed by atoms with Crippen molar-refractivity contribution >= 4 is 17.3 Å². The Morgan fingerprint density at radius 1 is 1.54 bits per heavy atom. The molecule has 13 heavy (non-hydrogen) atoms. The second-order valence-corrected chi connectivity index (χ2v) is 5.05. The molecule has 0 saturated carbocycles. The van der Waals surface area contributed by atoms with E-state index in [1.807, 2.05) is 32.2 Å². The first-order valence-corrected chi connectivity index (χ1v) is 5.09. The van der Waals surface area contributed by atoms with Gasteiger partial charge in [-0.15, -0.1) is 11.3 Å². The summed E-state index contributed by atoms with van der Waals surface area (Å²) in [4.78, 5) is 11.3. The fraction of sp³-hybridized carbons (Fsp3) is 0.500. The van der Waals surface area contributed by atoms with Gasteiger partial charge in [-0.05, 0) is 22.9 Å². The van der Waals surface area contributed by atoms with Crippen molar-refractivity contribution in [2.24, 2.45) is 5.41 Å². The summed E-state index contributed by atoms with van der Waals surface area (Å²) in [5.74, 6) is -0.157. The number of ether oxygens (including phenoxy) is 1. The van der Waals surface area contributed by atoms with Crippen LogP contribution in [0.15, 0.2) is 17.5 Å². The predicted molar refractivity (Wildman–Crippen MR) is 54.0 cm³/mol. The largest absolute Gasteiger partial charge is 0.415 e. The lowest BCUT2D eigenvalue weighted by atomic mass is 9.93. The first-order chi connectivity index (χ1) is 5.97. The topological polar surface area (TPSA) is 26.3 Å². The Bertz CT molecular complexity index is 270. The maximum atomic E-state index is 11.3. The average molecular weight is 198 g/mol. The lowest BCUT2D eigenvalue weighted by Gasteiger charge is -2.15. The van der Waals surface area contributed by atoms with Gasteiger partial charge < -0.3 is 4.74 Å². The van der Waals surface area contributed by atoms with E-state index in [-0.39, 0.29) is 11.4 Å². The molecule has 0 fully saturated rings. The van der Waals surface area contributed by atoms with Crippen LogP contribution in [0.25, 0.3) is 0 Å². The van der Waals surface area contributed by atoms with Gasteiger partial charge in [-0.1, -0.05) is 20.8 Å². The smallest absolute Gasteiger partial charge is 0.312 e. The van der Waals surface area contributed by atoms with E-state index in [0.29, 0.717) is 11.5 Å². The Balaban J connectivity index is 2.43. The molecule has 0 aliphatic carbocycles. The first kappa shape index (κ1) is 10.3. The summed E-state index contributed by atoms with van der Waals surface area (Å²) in [5, 5.41) is 2.56. The number of carbonyl (C=O) groups is 1. The van der Waals surface area contributed by atoms with E-state index in [1.54, 1.807) is 6.07 Å². The SMILES string of the molecule is CC(C)(C)CC(=O)Oc1cccs1. The van der Waals surface area contributed by atoms with Crippen LogP contribution in [0, 0.1) is 5.41 Å². The molecule has 0 radical (unpaired) electrons. The van der Waals surface area contributed by atoms with Crippen LogP contribution < -0.4 is 4.74 Å². The minimum Gasteiger partial charge on any atom is -0.415 e. The highest BCUT2D eigenvalue weighted by Gasteiger charge is 2.17. The number of hydrogen-bond acceptors (Lipinski definition) is 3. The summed E-state index contributed by atoms with van der Waals surface area (Å²) in [6.45, 7) is 6.05. The summed E-state index contributed by atoms with van der Waals surface area (Å²) >= 11 is 1.43. The van der Waals surface area contributed by atoms with Gasteiger partial charge in [-0.2, -0.15) is 0 Å². The van der Waals surface area contributed by atoms with Crippen molar-refractivity contribution in [2.75, 3.05) is 0 Å². The lowest BCUT2D eigenvalue weighted by molar-refractivity contribution is -0.136. The lowest BCUT2D eigenvalue weighted by Crippen LogP contribution is -2.17. The van der Waals surface area contributed by atoms with E-state index >= 15 is 0 Å². The summed E-state index contributed by atoms with van der Waals surface area (Å²) in [7, 11) is 0. The van der Waals surface area contributed by atoms with Gasteiger partial charge in [-0.25, -0.2) is 0 Å². The minimum absolute atomic E-state index is 0.00561. The molecule has 72 valence electrons. The zero-order chi connectivity index (χ0) is 9.90. The molecule has 3 heteroatoms. The van der Waals surface area contributed by atoms with Crippen LogP contribution in [0.3, 0.4) is 0 Å². The molecule has 0 amide bonds. The number of carbonyl (C=O) groups excluding carboxylic acids is 1. The zero-order valence-electron chi connectivity index (χ0n) is 8.16. The Morgan fingerprint density at radius 2 is 2.23 bits per heavy atom. The minimum atomic E-state index is -0.157. The molecule has 0 aromatic carbocycles. The summed E-state index contributed by atoms with van der Waals surface area (Å²) < 4.78 is 5.11. The molecule has 1 heterocycles. The van der Waals surface area contributed by atoms with Crippen LogP contribution in [-0.2, 0) is 4.79 Å². The highest BCUT2D eigenvalue weighted by atomic mass is 32.1. The summed E-state index contributed by atoms with van der Waals surface area (Å²) in [6, 6.07) is 3.66. The summed E-state index contributed by atoms with van der Waals surface area (Å²) in [5.41, 5.74) is -0.00561. The Hall–Kier alpha value is -0.830. The average Bonchev–Trinajstić information content (AvgIpc) is 2.34. The third-order valence-corrected chi connectivity index (χ3v) is 2.13. The van der Waals surface area contributed by atoms with Gasteiger partial charge in [0.15, 0.2) is 5.06 Å². The number of rotatable bonds is 2. The number of hydrogen-bond donors (Lipinski definition) is 0. The second kappa shape index (κ2) is 3.92. The molecule has 2 nitrogen and oxygen atoms in total. The third kappa shape index (κ3) is 4.08. The molecule has 0 bridgehead atoms. The fourth-order valence-electron chi connectivity index (χ4n) is 0.903. The maximum absolute atomic E-state index is 11.3. The van der Waals surface area contributed by atoms with Crippen molar-refractivity contribution in [2.45, 2.75) is 27.2 Å². The van der Waals surface area contributed by atoms with Crippen LogP contribution >= 0.6 is 11.3 Å². The van der Waals surface area contributed by atoms with Crippen LogP contribution in [0.1, 0.15) is 27.2 Å². The quantitative estimate of drug-likeness (QED) is 0.682. The predicted octanol–water partition coefficient (Wildman–Crippen LogP) is 3.09. The van der Waals surface area contributed by atoms with E-state index < -0.39 is 0 Å². The fourth-order valence-corrected chi connectivity index (χ4v) is 1.49. The van der Waals surface area contributed by atoms with Crippen LogP contribution in [0.4, 0.5) is 0 Å². The molecule has 1 rings (SSSR count). The van der Waals surface area contributed by atoms with E-state index in [9.17, 15) is 4.79 Å². The highest BCUT2D eigenvalue weighted by Crippen LogP contribution is 2.23. The van der Waals surface area contributed by atoms with Crippen molar-refractivity contribution in [1.82, 2.24) is 0 Å². The highest BCUT2D eigenvalue weighted by molar-refractivity contribution is 7.11. The third-order valence-electron chi connectivity index (χ3n) is 1.38. The molecule has 0 unspecified atom stereocenters. The van der Waals surface area contributed by atoms with Gasteiger partial charge in [0.05, 0.1) is 6.42 Å². The summed E-state index contributed by atoms with van der Waals surface area (Å²) in [6.07, 6.45) is 0.449. The van der Waals surface area contributed by atoms with E-state index in [0.717, 1.165) is 0 Å². The van der Waals surface area contributed by atoms with Crippen LogP contribution in [0.2, 0.25) is 0 Å². The van der Waals surface area contributed by atoms with Crippen molar-refractivity contribution in [3.05, 3.63) is 17.5 Å². The zero-order valence-corrected chi connectivity index (χ0v) is 8.98. The Morgan fingerprint density at radius 3 is 2.69 bits per heavy atom. The molecule has 0 aliphatic rings. The maximum Gasteiger partial charge on any atom is 0.312 e. The van der Waals surface area contributed by atoms with Gasteiger partial charge >= 0.3 is 5.97 Å². The molecule has 0 spiro atoms. The van der Waals surface area contributed by atoms with Crippen molar-refractivity contribution < 1.29 is 9.53 Å². The van der Waals surface area contributed by atoms with E-state index in [4.69, 9.17) is 4.74 Å². The van der Waals surface area contributed by atoms with E-state index in [2.05, 4.69) is 0 Å². The second-order valence-electron chi connectivity index (χ2n) is 4.14. The van der Waals surface area contributed by atoms with Crippen LogP contribution in [-0.4, -0.2) is 5.97 Å². The molecule has 0 atom stereocenters. The number of esters is 1. The molecule has 1 aromatic heterocycles.